The molecule has 0 amide bonds. The summed E-state index contributed by atoms with van der Waals surface area (Å²) in [4.78, 5) is 14.2. The van der Waals surface area contributed by atoms with Crippen molar-refractivity contribution in [1.82, 2.24) is 0 Å². The van der Waals surface area contributed by atoms with Gasteiger partial charge in [-0.25, -0.2) is 0 Å². The van der Waals surface area contributed by atoms with E-state index >= 15 is 0 Å². The second-order valence-electron chi connectivity index (χ2n) is 12.7. The highest BCUT2D eigenvalue weighted by molar-refractivity contribution is 6.33. The van der Waals surface area contributed by atoms with Gasteiger partial charge in [0.25, 0.3) is 0 Å². The van der Waals surface area contributed by atoms with Crippen LogP contribution >= 0.6 is 0 Å². The predicted molar refractivity (Wildman–Crippen MR) is 194 cm³/mol. The first-order valence-corrected chi connectivity index (χ1v) is 16.0. The number of hydrogen-bond donors (Lipinski definition) is 0. The van der Waals surface area contributed by atoms with Gasteiger partial charge >= 0.3 is 5.97 Å². The highest BCUT2D eigenvalue weighted by Crippen LogP contribution is 2.44. The summed E-state index contributed by atoms with van der Waals surface area (Å²) < 4.78 is 5.75. The Kier molecular flexibility index (Phi) is 5.98. The number of fused-ring (bicyclic) bond motifs is 2. The van der Waals surface area contributed by atoms with Gasteiger partial charge in [-0.1, -0.05) is 134 Å². The second-order valence-corrected chi connectivity index (χ2v) is 12.7. The molecule has 1 unspecified atom stereocenters. The minimum atomic E-state index is -1.48. The Morgan fingerprint density at radius 1 is 0.574 bits per heavy atom. The van der Waals surface area contributed by atoms with E-state index in [0.29, 0.717) is 0 Å². The Bertz CT molecular complexity index is 2730. The lowest BCUT2D eigenvalue weighted by Crippen LogP contribution is -2.36. The summed E-state index contributed by atoms with van der Waals surface area (Å²) in [5.74, 6) is -0.527. The van der Waals surface area contributed by atoms with Gasteiger partial charge in [0.1, 0.15) is 6.61 Å². The van der Waals surface area contributed by atoms with E-state index in [1.165, 1.54) is 37.7 Å². The van der Waals surface area contributed by atoms with Crippen LogP contribution < -0.4 is 0 Å². The van der Waals surface area contributed by atoms with E-state index in [9.17, 15) is 10.1 Å². The zero-order valence-corrected chi connectivity index (χ0v) is 25.7. The van der Waals surface area contributed by atoms with Crippen LogP contribution in [0.5, 0.6) is 0 Å². The van der Waals surface area contributed by atoms with Crippen LogP contribution in [0.1, 0.15) is 11.1 Å². The van der Waals surface area contributed by atoms with Crippen LogP contribution in [0.15, 0.2) is 134 Å². The van der Waals surface area contributed by atoms with E-state index in [4.69, 9.17) is 4.74 Å². The summed E-state index contributed by atoms with van der Waals surface area (Å²) in [6.45, 7) is 3.80. The topological polar surface area (TPSA) is 50.1 Å². The number of rotatable bonds is 7. The Morgan fingerprint density at radius 2 is 1.06 bits per heavy atom. The average Bonchev–Trinajstić information content (AvgIpc) is 3.12. The second kappa shape index (κ2) is 10.3. The fourth-order valence-electron chi connectivity index (χ4n) is 8.08. The molecule has 0 saturated heterocycles. The molecule has 0 aliphatic rings. The molecule has 0 N–H and O–H groups in total. The fraction of sp³-hybridized carbons (Fsp3) is 0.0909. The van der Waals surface area contributed by atoms with Crippen molar-refractivity contribution in [1.29, 1.82) is 5.26 Å². The van der Waals surface area contributed by atoms with Crippen LogP contribution in [-0.4, -0.2) is 12.6 Å². The van der Waals surface area contributed by atoms with Gasteiger partial charge in [0.05, 0.1) is 6.07 Å². The molecule has 9 rings (SSSR count). The van der Waals surface area contributed by atoms with Crippen molar-refractivity contribution in [2.75, 3.05) is 6.61 Å². The standard InChI is InChI=1S/C44H29NO2/c1-2-23-47-43(46)44(26-45,24-32-19-17-31-16-15-28-7-3-8-29-21-22-34(32)40(31)38(28)29)25-33-20-18-30-11-5-13-36-35-12-4-9-27-10-6-14-37(39(27)35)42(33)41(30)36/h2-22H,1,23-25H2. The smallest absolute Gasteiger partial charge is 0.327 e. The molecule has 1 atom stereocenters. The van der Waals surface area contributed by atoms with Crippen molar-refractivity contribution in [2.45, 2.75) is 12.8 Å². The third-order valence-electron chi connectivity index (χ3n) is 10.1. The van der Waals surface area contributed by atoms with Gasteiger partial charge in [-0.3, -0.25) is 4.79 Å². The maximum Gasteiger partial charge on any atom is 0.327 e. The zero-order valence-electron chi connectivity index (χ0n) is 25.7. The quantitative estimate of drug-likeness (QED) is 0.0788. The van der Waals surface area contributed by atoms with E-state index < -0.39 is 11.4 Å². The lowest BCUT2D eigenvalue weighted by Gasteiger charge is -2.27. The van der Waals surface area contributed by atoms with Crippen molar-refractivity contribution in [2.24, 2.45) is 5.41 Å². The molecule has 3 heteroatoms. The molecule has 0 heterocycles. The van der Waals surface area contributed by atoms with Crippen LogP contribution in [-0.2, 0) is 22.4 Å². The number of hydrogen-bond acceptors (Lipinski definition) is 3. The lowest BCUT2D eigenvalue weighted by molar-refractivity contribution is -0.151. The largest absolute Gasteiger partial charge is 0.460 e. The highest BCUT2D eigenvalue weighted by atomic mass is 16.5. The predicted octanol–water partition coefficient (Wildman–Crippen LogP) is 10.7. The zero-order chi connectivity index (χ0) is 31.7. The van der Waals surface area contributed by atoms with Crippen LogP contribution in [0, 0.1) is 16.7 Å². The average molecular weight is 604 g/mol. The normalized spacial score (nSPS) is 13.3. The maximum atomic E-state index is 14.2. The van der Waals surface area contributed by atoms with Crippen LogP contribution in [0.4, 0.5) is 0 Å². The third kappa shape index (κ3) is 3.95. The maximum absolute atomic E-state index is 14.2. The van der Waals surface area contributed by atoms with Crippen LogP contribution in [0.2, 0.25) is 0 Å². The molecule has 0 aliphatic carbocycles. The summed E-state index contributed by atoms with van der Waals surface area (Å²) in [6, 6.07) is 45.2. The summed E-state index contributed by atoms with van der Waals surface area (Å²) >= 11 is 0. The molecule has 9 aromatic rings. The molecule has 0 radical (unpaired) electrons. The SMILES string of the molecule is C=CCOC(=O)C(C#N)(Cc1ccc2ccc3cccc4ccc1c2c34)Cc1ccc2cccc3c4cccc5cccc(c1c23)c54. The number of nitriles is 1. The molecule has 0 aliphatic heterocycles. The number of carbonyl (C=O) groups excluding carboxylic acids is 1. The van der Waals surface area contributed by atoms with E-state index in [2.05, 4.69) is 134 Å². The van der Waals surface area contributed by atoms with Gasteiger partial charge in [-0.2, -0.15) is 5.26 Å². The van der Waals surface area contributed by atoms with Crippen molar-refractivity contribution >= 4 is 81.4 Å². The third-order valence-corrected chi connectivity index (χ3v) is 10.1. The van der Waals surface area contributed by atoms with Crippen LogP contribution in [0.3, 0.4) is 0 Å². The summed E-state index contributed by atoms with van der Waals surface area (Å²) in [7, 11) is 0. The summed E-state index contributed by atoms with van der Waals surface area (Å²) in [5, 5.41) is 27.3. The molecule has 47 heavy (non-hydrogen) atoms. The van der Waals surface area contributed by atoms with Crippen molar-refractivity contribution < 1.29 is 9.53 Å². The molecule has 9 aromatic carbocycles. The molecular formula is C44H29NO2. The Balaban J connectivity index is 1.29. The molecule has 3 nitrogen and oxygen atoms in total. The minimum Gasteiger partial charge on any atom is -0.460 e. The minimum absolute atomic E-state index is 0.0438. The van der Waals surface area contributed by atoms with E-state index in [1.807, 2.05) is 0 Å². The van der Waals surface area contributed by atoms with Gasteiger partial charge in [-0.05, 0) is 86.5 Å². The van der Waals surface area contributed by atoms with Gasteiger partial charge in [0, 0.05) is 12.8 Å². The Labute approximate surface area is 271 Å². The number of carbonyl (C=O) groups is 1. The molecule has 0 saturated carbocycles. The van der Waals surface area contributed by atoms with Gasteiger partial charge in [0.2, 0.25) is 0 Å². The van der Waals surface area contributed by atoms with Crippen molar-refractivity contribution in [3.05, 3.63) is 145 Å². The number of benzene rings is 9. The summed E-state index contributed by atoms with van der Waals surface area (Å²) in [5.41, 5.74) is 0.438. The van der Waals surface area contributed by atoms with E-state index in [0.717, 1.165) is 48.8 Å². The van der Waals surface area contributed by atoms with Gasteiger partial charge in [-0.15, -0.1) is 0 Å². The Morgan fingerprint density at radius 3 is 1.74 bits per heavy atom. The molecule has 0 spiro atoms. The van der Waals surface area contributed by atoms with E-state index in [1.54, 1.807) is 6.08 Å². The number of ether oxygens (including phenoxy) is 1. The Hall–Kier alpha value is -5.98. The first-order chi connectivity index (χ1) is 23.1. The van der Waals surface area contributed by atoms with Gasteiger partial charge < -0.3 is 4.74 Å². The van der Waals surface area contributed by atoms with Crippen LogP contribution in [0.25, 0.3) is 75.4 Å². The van der Waals surface area contributed by atoms with Crippen molar-refractivity contribution in [3.8, 4) is 6.07 Å². The number of esters is 1. The van der Waals surface area contributed by atoms with Gasteiger partial charge in [0.15, 0.2) is 5.41 Å². The molecule has 222 valence electrons. The summed E-state index contributed by atoms with van der Waals surface area (Å²) in [6.07, 6.45) is 1.98. The number of nitrogens with zero attached hydrogens (tertiary/aromatic N) is 1. The highest BCUT2D eigenvalue weighted by Gasteiger charge is 2.42. The van der Waals surface area contributed by atoms with E-state index in [-0.39, 0.29) is 19.4 Å². The lowest BCUT2D eigenvalue weighted by atomic mass is 9.75. The molecule has 0 bridgehead atoms. The molecular weight excluding hydrogens is 574 g/mol. The fourth-order valence-corrected chi connectivity index (χ4v) is 8.08. The molecule has 0 aromatic heterocycles. The monoisotopic (exact) mass is 603 g/mol. The first kappa shape index (κ1) is 27.3. The molecule has 0 fully saturated rings. The first-order valence-electron chi connectivity index (χ1n) is 16.0. The van der Waals surface area contributed by atoms with Crippen molar-refractivity contribution in [3.63, 3.8) is 0 Å².